The zero-order chi connectivity index (χ0) is 14.7. The molecule has 0 radical (unpaired) electrons. The fourth-order valence-corrected chi connectivity index (χ4v) is 3.16. The molecule has 21 heavy (non-hydrogen) atoms. The number of hydrogen-bond acceptors (Lipinski definition) is 3. The van der Waals surface area contributed by atoms with E-state index in [1.165, 1.54) is 17.4 Å². The highest BCUT2D eigenvalue weighted by Crippen LogP contribution is 2.32. The molecule has 3 heteroatoms. The van der Waals surface area contributed by atoms with E-state index in [1.54, 1.807) is 0 Å². The SMILES string of the molecule is CCCNC(c1cc2cc(C)ccc2o1)C1CCCOC1. The van der Waals surface area contributed by atoms with Crippen LogP contribution in [0.4, 0.5) is 0 Å². The molecule has 3 nitrogen and oxygen atoms in total. The highest BCUT2D eigenvalue weighted by atomic mass is 16.5. The second kappa shape index (κ2) is 6.63. The summed E-state index contributed by atoms with van der Waals surface area (Å²) in [5.74, 6) is 1.56. The molecule has 114 valence electrons. The normalized spacial score (nSPS) is 20.8. The predicted octanol–water partition coefficient (Wildman–Crippen LogP) is 4.21. The molecule has 1 aromatic carbocycles. The van der Waals surface area contributed by atoms with Gasteiger partial charge in [-0.25, -0.2) is 0 Å². The zero-order valence-electron chi connectivity index (χ0n) is 13.0. The van der Waals surface area contributed by atoms with Gasteiger partial charge in [0.2, 0.25) is 0 Å². The van der Waals surface area contributed by atoms with E-state index in [9.17, 15) is 0 Å². The summed E-state index contributed by atoms with van der Waals surface area (Å²) in [5.41, 5.74) is 2.25. The van der Waals surface area contributed by atoms with Gasteiger partial charge in [0.05, 0.1) is 12.6 Å². The minimum absolute atomic E-state index is 0.262. The van der Waals surface area contributed by atoms with Crippen LogP contribution in [0.25, 0.3) is 11.0 Å². The Balaban J connectivity index is 1.88. The van der Waals surface area contributed by atoms with E-state index in [1.807, 2.05) is 0 Å². The molecule has 1 N–H and O–H groups in total. The van der Waals surface area contributed by atoms with Crippen molar-refractivity contribution in [3.05, 3.63) is 35.6 Å². The molecule has 1 aromatic heterocycles. The van der Waals surface area contributed by atoms with Crippen molar-refractivity contribution in [1.29, 1.82) is 0 Å². The Hall–Kier alpha value is -1.32. The molecule has 0 aliphatic carbocycles. The highest BCUT2D eigenvalue weighted by molar-refractivity contribution is 5.78. The van der Waals surface area contributed by atoms with Gasteiger partial charge in [-0.2, -0.15) is 0 Å². The summed E-state index contributed by atoms with van der Waals surface area (Å²) in [7, 11) is 0. The van der Waals surface area contributed by atoms with Crippen LogP contribution in [-0.2, 0) is 4.74 Å². The van der Waals surface area contributed by atoms with Crippen molar-refractivity contribution in [2.45, 2.75) is 39.2 Å². The lowest BCUT2D eigenvalue weighted by Gasteiger charge is -2.29. The van der Waals surface area contributed by atoms with Crippen molar-refractivity contribution in [1.82, 2.24) is 5.32 Å². The van der Waals surface area contributed by atoms with Gasteiger partial charge in [-0.05, 0) is 50.9 Å². The van der Waals surface area contributed by atoms with Crippen molar-refractivity contribution in [2.75, 3.05) is 19.8 Å². The van der Waals surface area contributed by atoms with E-state index in [0.29, 0.717) is 5.92 Å². The molecule has 1 aliphatic heterocycles. The maximum atomic E-state index is 6.12. The molecule has 2 atom stereocenters. The molecule has 0 spiro atoms. The highest BCUT2D eigenvalue weighted by Gasteiger charge is 2.27. The van der Waals surface area contributed by atoms with E-state index in [0.717, 1.165) is 43.9 Å². The summed E-state index contributed by atoms with van der Waals surface area (Å²) < 4.78 is 11.8. The van der Waals surface area contributed by atoms with Gasteiger partial charge in [0, 0.05) is 17.9 Å². The van der Waals surface area contributed by atoms with Crippen LogP contribution in [0.1, 0.15) is 43.6 Å². The number of benzene rings is 1. The molecule has 0 bridgehead atoms. The first kappa shape index (κ1) is 14.6. The zero-order valence-corrected chi connectivity index (χ0v) is 13.0. The quantitative estimate of drug-likeness (QED) is 0.894. The summed E-state index contributed by atoms with van der Waals surface area (Å²) in [6.45, 7) is 7.06. The average molecular weight is 287 g/mol. The van der Waals surface area contributed by atoms with Crippen molar-refractivity contribution in [2.24, 2.45) is 5.92 Å². The number of ether oxygens (including phenoxy) is 1. The Morgan fingerprint density at radius 3 is 3.00 bits per heavy atom. The van der Waals surface area contributed by atoms with E-state index in [-0.39, 0.29) is 6.04 Å². The molecular formula is C18H25NO2. The lowest BCUT2D eigenvalue weighted by atomic mass is 9.92. The van der Waals surface area contributed by atoms with Gasteiger partial charge in [0.25, 0.3) is 0 Å². The Kier molecular flexibility index (Phi) is 4.61. The van der Waals surface area contributed by atoms with Gasteiger partial charge < -0.3 is 14.5 Å². The van der Waals surface area contributed by atoms with Gasteiger partial charge in [0.15, 0.2) is 0 Å². The third kappa shape index (κ3) is 3.30. The predicted molar refractivity (Wildman–Crippen MR) is 85.5 cm³/mol. The van der Waals surface area contributed by atoms with Gasteiger partial charge in [-0.3, -0.25) is 0 Å². The second-order valence-corrected chi connectivity index (χ2v) is 6.10. The third-order valence-electron chi connectivity index (χ3n) is 4.28. The number of rotatable bonds is 5. The Morgan fingerprint density at radius 2 is 2.24 bits per heavy atom. The third-order valence-corrected chi connectivity index (χ3v) is 4.28. The summed E-state index contributed by atoms with van der Waals surface area (Å²) >= 11 is 0. The minimum Gasteiger partial charge on any atom is -0.459 e. The second-order valence-electron chi connectivity index (χ2n) is 6.10. The van der Waals surface area contributed by atoms with E-state index in [4.69, 9.17) is 9.15 Å². The van der Waals surface area contributed by atoms with Crippen LogP contribution in [0.2, 0.25) is 0 Å². The van der Waals surface area contributed by atoms with Gasteiger partial charge in [-0.1, -0.05) is 18.6 Å². The first-order chi connectivity index (χ1) is 10.3. The summed E-state index contributed by atoms with van der Waals surface area (Å²) in [6, 6.07) is 8.83. The monoisotopic (exact) mass is 287 g/mol. The summed E-state index contributed by atoms with van der Waals surface area (Å²) in [4.78, 5) is 0. The number of nitrogens with one attached hydrogen (secondary N) is 1. The Bertz CT molecular complexity index is 584. The van der Waals surface area contributed by atoms with E-state index in [2.05, 4.69) is 43.4 Å². The van der Waals surface area contributed by atoms with Crippen LogP contribution in [0.3, 0.4) is 0 Å². The van der Waals surface area contributed by atoms with E-state index >= 15 is 0 Å². The van der Waals surface area contributed by atoms with Crippen molar-refractivity contribution in [3.8, 4) is 0 Å². The largest absolute Gasteiger partial charge is 0.459 e. The molecular weight excluding hydrogens is 262 g/mol. The van der Waals surface area contributed by atoms with Crippen molar-refractivity contribution in [3.63, 3.8) is 0 Å². The van der Waals surface area contributed by atoms with Crippen molar-refractivity contribution < 1.29 is 9.15 Å². The molecule has 2 aromatic rings. The fraction of sp³-hybridized carbons (Fsp3) is 0.556. The topological polar surface area (TPSA) is 34.4 Å². The average Bonchev–Trinajstić information content (AvgIpc) is 2.91. The molecule has 1 saturated heterocycles. The summed E-state index contributed by atoms with van der Waals surface area (Å²) in [5, 5.41) is 4.86. The Morgan fingerprint density at radius 1 is 1.33 bits per heavy atom. The Labute approximate surface area is 126 Å². The first-order valence-corrected chi connectivity index (χ1v) is 8.09. The first-order valence-electron chi connectivity index (χ1n) is 8.09. The van der Waals surface area contributed by atoms with Crippen LogP contribution in [0, 0.1) is 12.8 Å². The lowest BCUT2D eigenvalue weighted by molar-refractivity contribution is 0.0358. The van der Waals surface area contributed by atoms with Crippen LogP contribution in [0.15, 0.2) is 28.7 Å². The smallest absolute Gasteiger partial charge is 0.134 e. The standard InChI is InChI=1S/C18H25NO2/c1-3-8-19-18(14-5-4-9-20-12-14)17-11-15-10-13(2)6-7-16(15)21-17/h6-7,10-11,14,18-19H,3-5,8-9,12H2,1-2H3. The molecule has 2 heterocycles. The maximum Gasteiger partial charge on any atom is 0.134 e. The minimum atomic E-state index is 0.262. The number of hydrogen-bond donors (Lipinski definition) is 1. The molecule has 0 amide bonds. The number of furan rings is 1. The van der Waals surface area contributed by atoms with Crippen LogP contribution in [-0.4, -0.2) is 19.8 Å². The maximum absolute atomic E-state index is 6.12. The molecule has 3 rings (SSSR count). The van der Waals surface area contributed by atoms with E-state index < -0.39 is 0 Å². The molecule has 1 fully saturated rings. The summed E-state index contributed by atoms with van der Waals surface area (Å²) in [6.07, 6.45) is 3.48. The number of aryl methyl sites for hydroxylation is 1. The van der Waals surface area contributed by atoms with Crippen LogP contribution in [0.5, 0.6) is 0 Å². The number of fused-ring (bicyclic) bond motifs is 1. The van der Waals surface area contributed by atoms with Crippen LogP contribution >= 0.6 is 0 Å². The molecule has 1 aliphatic rings. The molecule has 2 unspecified atom stereocenters. The van der Waals surface area contributed by atoms with Crippen LogP contribution < -0.4 is 5.32 Å². The van der Waals surface area contributed by atoms with Crippen molar-refractivity contribution >= 4 is 11.0 Å². The van der Waals surface area contributed by atoms with Gasteiger partial charge >= 0.3 is 0 Å². The van der Waals surface area contributed by atoms with Gasteiger partial charge in [-0.15, -0.1) is 0 Å². The van der Waals surface area contributed by atoms with Gasteiger partial charge in [0.1, 0.15) is 11.3 Å². The molecule has 0 saturated carbocycles. The fourth-order valence-electron chi connectivity index (χ4n) is 3.16. The lowest BCUT2D eigenvalue weighted by Crippen LogP contribution is -2.33.